The highest BCUT2D eigenvalue weighted by molar-refractivity contribution is 7.88. The van der Waals surface area contributed by atoms with Gasteiger partial charge in [0.15, 0.2) is 4.80 Å². The first-order valence-electron chi connectivity index (χ1n) is 9.01. The van der Waals surface area contributed by atoms with Crippen molar-refractivity contribution in [1.29, 1.82) is 0 Å². The molecule has 0 saturated carbocycles. The number of carbonyl (C=O) groups is 1. The van der Waals surface area contributed by atoms with E-state index in [0.717, 1.165) is 11.0 Å². The first kappa shape index (κ1) is 21.4. The van der Waals surface area contributed by atoms with Crippen LogP contribution in [-0.4, -0.2) is 56.8 Å². The van der Waals surface area contributed by atoms with Crippen molar-refractivity contribution in [1.82, 2.24) is 8.87 Å². The van der Waals surface area contributed by atoms with Gasteiger partial charge in [-0.15, -0.1) is 6.42 Å². The van der Waals surface area contributed by atoms with E-state index >= 15 is 0 Å². The molecule has 1 aromatic heterocycles. The number of sulfonamides is 1. The van der Waals surface area contributed by atoms with E-state index in [1.807, 2.05) is 0 Å². The Balaban J connectivity index is 2.09. The lowest BCUT2D eigenvalue weighted by Crippen LogP contribution is -2.41. The molecule has 8 nitrogen and oxygen atoms in total. The summed E-state index contributed by atoms with van der Waals surface area (Å²) < 4.78 is 38.4. The number of aromatic nitrogens is 1. The molecule has 29 heavy (non-hydrogen) atoms. The van der Waals surface area contributed by atoms with E-state index in [4.69, 9.17) is 15.9 Å². The fourth-order valence-electron chi connectivity index (χ4n) is 3.41. The highest BCUT2D eigenvalue weighted by atomic mass is 32.2. The minimum absolute atomic E-state index is 0.147. The molecule has 10 heteroatoms. The summed E-state index contributed by atoms with van der Waals surface area (Å²) in [6.07, 6.45) is 7.92. The molecular weight excluding hydrogens is 414 g/mol. The number of piperidine rings is 1. The highest BCUT2D eigenvalue weighted by Gasteiger charge is 2.30. The molecule has 1 aromatic carbocycles. The highest BCUT2D eigenvalue weighted by Crippen LogP contribution is 2.35. The molecule has 1 aliphatic heterocycles. The quantitative estimate of drug-likeness (QED) is 0.661. The fourth-order valence-corrected chi connectivity index (χ4v) is 5.46. The van der Waals surface area contributed by atoms with Crippen molar-refractivity contribution in [3.63, 3.8) is 0 Å². The van der Waals surface area contributed by atoms with Crippen molar-refractivity contribution in [2.24, 2.45) is 10.9 Å². The average Bonchev–Trinajstić information content (AvgIpc) is 3.05. The van der Waals surface area contributed by atoms with Gasteiger partial charge in [0.1, 0.15) is 21.7 Å². The summed E-state index contributed by atoms with van der Waals surface area (Å²) in [7, 11) is -0.219. The van der Waals surface area contributed by atoms with E-state index in [9.17, 15) is 13.2 Å². The summed E-state index contributed by atoms with van der Waals surface area (Å²) >= 11 is 1.29. The molecule has 0 aliphatic carbocycles. The van der Waals surface area contributed by atoms with Gasteiger partial charge in [0.05, 0.1) is 32.9 Å². The summed E-state index contributed by atoms with van der Waals surface area (Å²) in [5.74, 6) is 2.98. The maximum atomic E-state index is 12.9. The van der Waals surface area contributed by atoms with E-state index < -0.39 is 15.9 Å². The van der Waals surface area contributed by atoms with Crippen LogP contribution >= 0.6 is 11.3 Å². The summed E-state index contributed by atoms with van der Waals surface area (Å²) in [5, 5.41) is 0. The molecule has 1 amide bonds. The number of ether oxygens (including phenoxy) is 2. The summed E-state index contributed by atoms with van der Waals surface area (Å²) in [5.41, 5.74) is 0.711. The van der Waals surface area contributed by atoms with E-state index in [2.05, 4.69) is 10.9 Å². The smallest absolute Gasteiger partial charge is 0.252 e. The Morgan fingerprint density at radius 1 is 1.34 bits per heavy atom. The van der Waals surface area contributed by atoms with Gasteiger partial charge in [-0.3, -0.25) is 4.79 Å². The molecule has 0 N–H and O–H groups in total. The maximum absolute atomic E-state index is 12.9. The molecule has 0 radical (unpaired) electrons. The molecule has 1 aliphatic rings. The summed E-state index contributed by atoms with van der Waals surface area (Å²) in [6, 6.07) is 3.56. The Bertz CT molecular complexity index is 1140. The number of carbonyl (C=O) groups excluding carboxylic acids is 1. The summed E-state index contributed by atoms with van der Waals surface area (Å²) in [6.45, 7) is 0.778. The maximum Gasteiger partial charge on any atom is 0.252 e. The Morgan fingerprint density at radius 3 is 2.66 bits per heavy atom. The van der Waals surface area contributed by atoms with Gasteiger partial charge in [0, 0.05) is 13.1 Å². The van der Waals surface area contributed by atoms with Crippen molar-refractivity contribution in [3.8, 4) is 23.8 Å². The minimum atomic E-state index is -3.34. The van der Waals surface area contributed by atoms with Crippen molar-refractivity contribution in [2.75, 3.05) is 33.6 Å². The Labute approximate surface area is 173 Å². The normalized spacial score (nSPS) is 18.6. The zero-order valence-electron chi connectivity index (χ0n) is 16.5. The largest absolute Gasteiger partial charge is 0.495 e. The molecule has 0 bridgehead atoms. The predicted octanol–water partition coefficient (Wildman–Crippen LogP) is 1.45. The molecule has 0 spiro atoms. The van der Waals surface area contributed by atoms with Gasteiger partial charge in [-0.05, 0) is 25.0 Å². The lowest BCUT2D eigenvalue weighted by molar-refractivity contribution is -0.122. The molecule has 3 rings (SSSR count). The number of nitrogens with zero attached hydrogens (tertiary/aromatic N) is 3. The number of thiazole rings is 1. The van der Waals surface area contributed by atoms with E-state index in [1.54, 1.807) is 30.9 Å². The van der Waals surface area contributed by atoms with Gasteiger partial charge in [0.25, 0.3) is 5.91 Å². The number of rotatable bonds is 5. The fraction of sp³-hybridized carbons (Fsp3) is 0.474. The Morgan fingerprint density at radius 2 is 2.03 bits per heavy atom. The molecule has 2 aromatic rings. The van der Waals surface area contributed by atoms with Crippen LogP contribution in [0.3, 0.4) is 0 Å². The molecule has 0 unspecified atom stereocenters. The zero-order valence-corrected chi connectivity index (χ0v) is 18.2. The molecule has 1 fully saturated rings. The Hall–Kier alpha value is -2.35. The predicted molar refractivity (Wildman–Crippen MR) is 111 cm³/mol. The first-order valence-corrected chi connectivity index (χ1v) is 11.7. The van der Waals surface area contributed by atoms with Crippen LogP contribution in [0, 0.1) is 18.3 Å². The zero-order chi connectivity index (χ0) is 21.2. The van der Waals surface area contributed by atoms with Crippen LogP contribution in [0.5, 0.6) is 11.5 Å². The number of terminal acetylenes is 1. The third kappa shape index (κ3) is 4.32. The van der Waals surface area contributed by atoms with Crippen LogP contribution in [0.15, 0.2) is 17.1 Å². The third-order valence-electron chi connectivity index (χ3n) is 4.85. The van der Waals surface area contributed by atoms with Gasteiger partial charge >= 0.3 is 0 Å². The molecular formula is C19H23N3O5S2. The second-order valence-electron chi connectivity index (χ2n) is 6.73. The SMILES string of the molecule is C#CCn1c(=NC(=O)[C@H]2CCCN(S(C)(=O)=O)C2)sc2c(OC)ccc(OC)c21. The van der Waals surface area contributed by atoms with Crippen molar-refractivity contribution >= 4 is 37.5 Å². The molecule has 1 atom stereocenters. The number of benzene rings is 1. The molecule has 156 valence electrons. The number of amides is 1. The van der Waals surface area contributed by atoms with Crippen molar-refractivity contribution in [3.05, 3.63) is 16.9 Å². The first-order chi connectivity index (χ1) is 13.8. The second kappa shape index (κ2) is 8.57. The topological polar surface area (TPSA) is 90.2 Å². The van der Waals surface area contributed by atoms with Crippen LogP contribution in [-0.2, 0) is 21.4 Å². The van der Waals surface area contributed by atoms with Crippen molar-refractivity contribution in [2.45, 2.75) is 19.4 Å². The number of hydrogen-bond donors (Lipinski definition) is 0. The third-order valence-corrected chi connectivity index (χ3v) is 7.21. The lowest BCUT2D eigenvalue weighted by Gasteiger charge is -2.28. The summed E-state index contributed by atoms with van der Waals surface area (Å²) in [4.78, 5) is 17.6. The average molecular weight is 438 g/mol. The van der Waals surface area contributed by atoms with Gasteiger partial charge in [0.2, 0.25) is 10.0 Å². The van der Waals surface area contributed by atoms with Crippen LogP contribution in [0.2, 0.25) is 0 Å². The molecule has 2 heterocycles. The van der Waals surface area contributed by atoms with Gasteiger partial charge in [-0.2, -0.15) is 4.99 Å². The second-order valence-corrected chi connectivity index (χ2v) is 9.69. The lowest BCUT2D eigenvalue weighted by atomic mass is 9.99. The number of methoxy groups -OCH3 is 2. The van der Waals surface area contributed by atoms with Crippen LogP contribution in [0.25, 0.3) is 10.2 Å². The van der Waals surface area contributed by atoms with Crippen LogP contribution in [0.4, 0.5) is 0 Å². The number of fused-ring (bicyclic) bond motifs is 1. The standard InChI is InChI=1S/C19H23N3O5S2/c1-5-10-22-16-14(26-2)8-9-15(27-3)17(16)28-19(22)20-18(23)13-7-6-11-21(12-13)29(4,24)25/h1,8-9,13H,6-7,10-12H2,2-4H3/t13-/m0/s1. The Kier molecular flexibility index (Phi) is 6.31. The number of hydrogen-bond acceptors (Lipinski definition) is 6. The van der Waals surface area contributed by atoms with Crippen LogP contribution < -0.4 is 14.3 Å². The molecule has 1 saturated heterocycles. The van der Waals surface area contributed by atoms with Crippen molar-refractivity contribution < 1.29 is 22.7 Å². The monoisotopic (exact) mass is 437 g/mol. The van der Waals surface area contributed by atoms with Gasteiger partial charge in [-0.25, -0.2) is 12.7 Å². The van der Waals surface area contributed by atoms with E-state index in [-0.39, 0.29) is 19.0 Å². The van der Waals surface area contributed by atoms with Crippen LogP contribution in [0.1, 0.15) is 12.8 Å². The van der Waals surface area contributed by atoms with E-state index in [0.29, 0.717) is 41.2 Å². The minimum Gasteiger partial charge on any atom is -0.495 e. The van der Waals surface area contributed by atoms with E-state index in [1.165, 1.54) is 15.6 Å². The van der Waals surface area contributed by atoms with Gasteiger partial charge in [-0.1, -0.05) is 17.3 Å². The van der Waals surface area contributed by atoms with Gasteiger partial charge < -0.3 is 14.0 Å².